The van der Waals surface area contributed by atoms with Crippen LogP contribution in [0.1, 0.15) is 26.3 Å². The minimum Gasteiger partial charge on any atom is -0.444 e. The molecular formula is C19H22F3N3O5S2. The smallest absolute Gasteiger partial charge is 0.416 e. The maximum atomic E-state index is 13.2. The van der Waals surface area contributed by atoms with Crippen LogP contribution in [0.25, 0.3) is 0 Å². The van der Waals surface area contributed by atoms with E-state index in [9.17, 15) is 31.2 Å². The molecule has 8 nitrogen and oxygen atoms in total. The fraction of sp³-hybridized carbons (Fsp3) is 0.526. The first-order valence-corrected chi connectivity index (χ1v) is 12.3. The highest BCUT2D eigenvalue weighted by Crippen LogP contribution is 2.42. The predicted molar refractivity (Wildman–Crippen MR) is 114 cm³/mol. The number of carbonyl (C=O) groups excluding carboxylic acids is 2. The molecule has 2 heterocycles. The lowest BCUT2D eigenvalue weighted by molar-refractivity contribution is -0.137. The van der Waals surface area contributed by atoms with E-state index in [2.05, 4.69) is 10.3 Å². The van der Waals surface area contributed by atoms with E-state index in [-0.39, 0.29) is 22.4 Å². The summed E-state index contributed by atoms with van der Waals surface area (Å²) in [7, 11) is -3.37. The number of ether oxygens (including phenoxy) is 1. The van der Waals surface area contributed by atoms with Crippen molar-refractivity contribution < 1.29 is 35.9 Å². The number of benzene rings is 1. The van der Waals surface area contributed by atoms with Gasteiger partial charge in [0.2, 0.25) is 0 Å². The molecular weight excluding hydrogens is 471 g/mol. The molecule has 2 aliphatic heterocycles. The molecule has 2 aliphatic rings. The highest BCUT2D eigenvalue weighted by Gasteiger charge is 2.49. The topological polar surface area (TPSA) is 105 Å². The number of hydrogen-bond acceptors (Lipinski definition) is 6. The molecule has 2 saturated heterocycles. The van der Waals surface area contributed by atoms with Crippen LogP contribution in [-0.4, -0.2) is 60.5 Å². The third-order valence-electron chi connectivity index (χ3n) is 4.52. The zero-order valence-electron chi connectivity index (χ0n) is 17.5. The van der Waals surface area contributed by atoms with E-state index in [0.29, 0.717) is 0 Å². The Balaban J connectivity index is 1.85. The number of alkyl halides is 3. The SMILES string of the molecule is CC(C)(C)OC(=O)NCC(=O)N=C1SC2CS(=O)(=O)CC2N1c1cccc(C(F)(F)F)c1. The zero-order chi connectivity index (χ0) is 23.9. The summed E-state index contributed by atoms with van der Waals surface area (Å²) < 4.78 is 68.8. The first-order chi connectivity index (χ1) is 14.6. The van der Waals surface area contributed by atoms with Crippen molar-refractivity contribution >= 4 is 44.5 Å². The van der Waals surface area contributed by atoms with Gasteiger partial charge in [-0.1, -0.05) is 17.8 Å². The second-order valence-electron chi connectivity index (χ2n) is 8.36. The van der Waals surface area contributed by atoms with Crippen molar-refractivity contribution in [2.24, 2.45) is 4.99 Å². The molecule has 2 fully saturated rings. The van der Waals surface area contributed by atoms with E-state index in [1.165, 1.54) is 17.0 Å². The molecule has 32 heavy (non-hydrogen) atoms. The maximum absolute atomic E-state index is 13.2. The van der Waals surface area contributed by atoms with Crippen molar-refractivity contribution in [2.75, 3.05) is 23.0 Å². The first kappa shape index (κ1) is 24.4. The van der Waals surface area contributed by atoms with Crippen LogP contribution in [0.2, 0.25) is 0 Å². The van der Waals surface area contributed by atoms with E-state index in [4.69, 9.17) is 4.74 Å². The van der Waals surface area contributed by atoms with Gasteiger partial charge in [-0.2, -0.15) is 18.2 Å². The molecule has 0 radical (unpaired) electrons. The molecule has 0 bridgehead atoms. The van der Waals surface area contributed by atoms with Crippen molar-refractivity contribution in [1.82, 2.24) is 5.32 Å². The number of anilines is 1. The molecule has 3 rings (SSSR count). The van der Waals surface area contributed by atoms with Crippen molar-refractivity contribution in [3.63, 3.8) is 0 Å². The number of amidine groups is 1. The molecule has 0 saturated carbocycles. The molecule has 2 atom stereocenters. The summed E-state index contributed by atoms with van der Waals surface area (Å²) in [6, 6.07) is 3.76. The van der Waals surface area contributed by atoms with Crippen LogP contribution in [-0.2, 0) is 25.5 Å². The lowest BCUT2D eigenvalue weighted by Crippen LogP contribution is -2.38. The number of rotatable bonds is 3. The molecule has 0 aliphatic carbocycles. The number of hydrogen-bond donors (Lipinski definition) is 1. The fourth-order valence-electron chi connectivity index (χ4n) is 3.31. The number of amides is 2. The highest BCUT2D eigenvalue weighted by molar-refractivity contribution is 8.16. The Bertz CT molecular complexity index is 1050. The molecule has 1 N–H and O–H groups in total. The number of fused-ring (bicyclic) bond motifs is 1. The van der Waals surface area contributed by atoms with Gasteiger partial charge in [0.05, 0.1) is 23.1 Å². The minimum atomic E-state index is -4.59. The molecule has 0 spiro atoms. The normalized spacial score (nSPS) is 23.8. The van der Waals surface area contributed by atoms with Crippen LogP contribution >= 0.6 is 11.8 Å². The van der Waals surface area contributed by atoms with Gasteiger partial charge in [0.1, 0.15) is 12.1 Å². The highest BCUT2D eigenvalue weighted by atomic mass is 32.2. The molecule has 176 valence electrons. The van der Waals surface area contributed by atoms with Crippen molar-refractivity contribution in [3.8, 4) is 0 Å². The fourth-order valence-corrected chi connectivity index (χ4v) is 7.24. The number of sulfone groups is 1. The first-order valence-electron chi connectivity index (χ1n) is 9.56. The lowest BCUT2D eigenvalue weighted by atomic mass is 10.1. The molecule has 1 aromatic rings. The van der Waals surface area contributed by atoms with Crippen LogP contribution in [0.5, 0.6) is 0 Å². The average Bonchev–Trinajstić information content (AvgIpc) is 3.08. The number of aliphatic imine (C=N–C) groups is 1. The molecule has 13 heteroatoms. The van der Waals surface area contributed by atoms with Crippen molar-refractivity contribution in [3.05, 3.63) is 29.8 Å². The predicted octanol–water partition coefficient (Wildman–Crippen LogP) is 2.83. The second kappa shape index (κ2) is 8.58. The Labute approximate surface area is 187 Å². The monoisotopic (exact) mass is 493 g/mol. The van der Waals surface area contributed by atoms with E-state index in [1.807, 2.05) is 0 Å². The Kier molecular flexibility index (Phi) is 6.53. The number of thioether (sulfide) groups is 1. The Morgan fingerprint density at radius 1 is 1.25 bits per heavy atom. The van der Waals surface area contributed by atoms with Gasteiger partial charge in [0.15, 0.2) is 15.0 Å². The van der Waals surface area contributed by atoms with Gasteiger partial charge in [0, 0.05) is 10.9 Å². The lowest BCUT2D eigenvalue weighted by Gasteiger charge is -2.25. The number of nitrogens with zero attached hydrogens (tertiary/aromatic N) is 2. The van der Waals surface area contributed by atoms with E-state index >= 15 is 0 Å². The summed E-state index contributed by atoms with van der Waals surface area (Å²) in [4.78, 5) is 29.4. The standard InChI is InChI=1S/C19H22F3N3O5S2/c1-18(2,3)30-17(27)23-8-15(26)24-16-25(13-9-32(28,29)10-14(13)31-16)12-6-4-5-11(7-12)19(20,21)22/h4-7,13-14H,8-10H2,1-3H3,(H,23,27). The number of carbonyl (C=O) groups is 2. The number of halogens is 3. The number of nitrogens with one attached hydrogen (secondary N) is 1. The Morgan fingerprint density at radius 3 is 2.56 bits per heavy atom. The van der Waals surface area contributed by atoms with E-state index in [0.717, 1.165) is 23.9 Å². The van der Waals surface area contributed by atoms with Gasteiger partial charge in [-0.15, -0.1) is 0 Å². The van der Waals surface area contributed by atoms with Gasteiger partial charge in [-0.25, -0.2) is 13.2 Å². The van der Waals surface area contributed by atoms with Gasteiger partial charge < -0.3 is 15.0 Å². The van der Waals surface area contributed by atoms with Gasteiger partial charge in [-0.05, 0) is 39.0 Å². The van der Waals surface area contributed by atoms with E-state index < -0.39 is 57.0 Å². The molecule has 0 aromatic heterocycles. The zero-order valence-corrected chi connectivity index (χ0v) is 19.1. The third kappa shape index (κ3) is 5.94. The summed E-state index contributed by atoms with van der Waals surface area (Å²) in [6.07, 6.45) is -5.41. The Hall–Kier alpha value is -2.28. The maximum Gasteiger partial charge on any atom is 0.416 e. The quantitative estimate of drug-likeness (QED) is 0.690. The van der Waals surface area contributed by atoms with Gasteiger partial charge in [-0.3, -0.25) is 4.79 Å². The van der Waals surface area contributed by atoms with E-state index in [1.54, 1.807) is 20.8 Å². The third-order valence-corrected chi connectivity index (χ3v) is 7.73. The summed E-state index contributed by atoms with van der Waals surface area (Å²) in [6.45, 7) is 4.49. The van der Waals surface area contributed by atoms with Crippen LogP contribution in [0.3, 0.4) is 0 Å². The molecule has 2 unspecified atom stereocenters. The van der Waals surface area contributed by atoms with Gasteiger partial charge in [0.25, 0.3) is 5.91 Å². The second-order valence-corrected chi connectivity index (χ2v) is 11.7. The minimum absolute atomic E-state index is 0.0866. The average molecular weight is 494 g/mol. The van der Waals surface area contributed by atoms with Crippen LogP contribution < -0.4 is 10.2 Å². The van der Waals surface area contributed by atoms with Crippen molar-refractivity contribution in [2.45, 2.75) is 43.8 Å². The van der Waals surface area contributed by atoms with Crippen LogP contribution in [0.15, 0.2) is 29.3 Å². The summed E-state index contributed by atoms with van der Waals surface area (Å²) in [5.74, 6) is -1.18. The van der Waals surface area contributed by atoms with Crippen molar-refractivity contribution in [1.29, 1.82) is 0 Å². The molecule has 1 aromatic carbocycles. The van der Waals surface area contributed by atoms with Crippen LogP contribution in [0, 0.1) is 0 Å². The largest absolute Gasteiger partial charge is 0.444 e. The summed E-state index contributed by atoms with van der Waals surface area (Å²) >= 11 is 1.02. The number of alkyl carbamates (subject to hydrolysis) is 1. The summed E-state index contributed by atoms with van der Waals surface area (Å²) in [5.41, 5.74) is -1.58. The Morgan fingerprint density at radius 2 is 1.94 bits per heavy atom. The van der Waals surface area contributed by atoms with Gasteiger partial charge >= 0.3 is 12.3 Å². The summed E-state index contributed by atoms with van der Waals surface area (Å²) in [5, 5.41) is 1.89. The van der Waals surface area contributed by atoms with Crippen LogP contribution in [0.4, 0.5) is 23.7 Å². The molecule has 2 amide bonds.